The number of ether oxygens (including phenoxy) is 1. The molecule has 0 heterocycles. The lowest BCUT2D eigenvalue weighted by Gasteiger charge is -2.14. The highest BCUT2D eigenvalue weighted by molar-refractivity contribution is 7.98. The van der Waals surface area contributed by atoms with Crippen molar-refractivity contribution in [3.05, 3.63) is 0 Å². The minimum Gasteiger partial charge on any atom is -0.466 e. The first-order valence-electron chi connectivity index (χ1n) is 5.71. The lowest BCUT2D eigenvalue weighted by Crippen LogP contribution is -2.43. The van der Waals surface area contributed by atoms with Gasteiger partial charge in [-0.25, -0.2) is 0 Å². The lowest BCUT2D eigenvalue weighted by atomic mass is 10.1. The molecule has 0 aromatic heterocycles. The predicted molar refractivity (Wildman–Crippen MR) is 77.0 cm³/mol. The van der Waals surface area contributed by atoms with Crippen LogP contribution in [0.5, 0.6) is 0 Å². The summed E-state index contributed by atoms with van der Waals surface area (Å²) in [6.45, 7) is 4.09. The summed E-state index contributed by atoms with van der Waals surface area (Å²) in [6.07, 6.45) is 2.61. The van der Waals surface area contributed by atoms with Gasteiger partial charge in [0.2, 0.25) is 5.91 Å². The average Bonchev–Trinajstić information content (AvgIpc) is 2.32. The van der Waals surface area contributed by atoms with Crippen LogP contribution >= 0.6 is 24.2 Å². The summed E-state index contributed by atoms with van der Waals surface area (Å²) in [6, 6.07) is -0.503. The van der Waals surface area contributed by atoms with E-state index in [0.717, 1.165) is 5.75 Å². The average molecular weight is 299 g/mol. The molecule has 0 rings (SSSR count). The number of halogens is 1. The van der Waals surface area contributed by atoms with E-state index < -0.39 is 6.04 Å². The van der Waals surface area contributed by atoms with Crippen LogP contribution < -0.4 is 11.1 Å². The molecule has 0 spiro atoms. The molecule has 0 saturated heterocycles. The molecule has 0 fully saturated rings. The summed E-state index contributed by atoms with van der Waals surface area (Å²) >= 11 is 1.65. The van der Waals surface area contributed by atoms with Gasteiger partial charge in [-0.15, -0.1) is 12.4 Å². The highest BCUT2D eigenvalue weighted by Crippen LogP contribution is 2.00. The van der Waals surface area contributed by atoms with Gasteiger partial charge in [0.15, 0.2) is 0 Å². The minimum atomic E-state index is -0.503. The fourth-order valence-corrected chi connectivity index (χ4v) is 1.62. The quantitative estimate of drug-likeness (QED) is 0.648. The van der Waals surface area contributed by atoms with Crippen LogP contribution in [-0.2, 0) is 14.3 Å². The summed E-state index contributed by atoms with van der Waals surface area (Å²) < 4.78 is 4.84. The van der Waals surface area contributed by atoms with Crippen molar-refractivity contribution in [3.8, 4) is 0 Å². The molecule has 5 nitrogen and oxygen atoms in total. The first-order chi connectivity index (χ1) is 8.02. The van der Waals surface area contributed by atoms with Crippen molar-refractivity contribution in [3.63, 3.8) is 0 Å². The second-order valence-electron chi connectivity index (χ2n) is 3.79. The summed E-state index contributed by atoms with van der Waals surface area (Å²) in [7, 11) is 0. The molecule has 0 aliphatic heterocycles. The SMILES string of the molecule is CCOC(=O)C(C)CNC(=O)[C@@H](N)CCSC.Cl. The maximum atomic E-state index is 11.5. The smallest absolute Gasteiger partial charge is 0.310 e. The standard InChI is InChI=1S/C11H22N2O3S.ClH/c1-4-16-11(15)8(2)7-13-10(14)9(12)5-6-17-3;/h8-9H,4-7,12H2,1-3H3,(H,13,14);1H/t8?,9-;/m0./s1. The van der Waals surface area contributed by atoms with Crippen LogP contribution in [0.25, 0.3) is 0 Å². The van der Waals surface area contributed by atoms with Gasteiger partial charge in [0.1, 0.15) is 0 Å². The molecule has 0 aliphatic rings. The van der Waals surface area contributed by atoms with Crippen molar-refractivity contribution in [2.75, 3.05) is 25.2 Å². The van der Waals surface area contributed by atoms with Gasteiger partial charge in [0, 0.05) is 6.54 Å². The molecule has 0 radical (unpaired) electrons. The van der Waals surface area contributed by atoms with Crippen molar-refractivity contribution in [1.82, 2.24) is 5.32 Å². The summed E-state index contributed by atoms with van der Waals surface area (Å²) in [4.78, 5) is 22.8. The van der Waals surface area contributed by atoms with Crippen molar-refractivity contribution in [1.29, 1.82) is 0 Å². The number of hydrogen-bond donors (Lipinski definition) is 2. The van der Waals surface area contributed by atoms with Crippen LogP contribution in [0.2, 0.25) is 0 Å². The maximum absolute atomic E-state index is 11.5. The van der Waals surface area contributed by atoms with E-state index >= 15 is 0 Å². The minimum absolute atomic E-state index is 0. The Kier molecular flexibility index (Phi) is 12.8. The number of carbonyl (C=O) groups excluding carboxylic acids is 2. The van der Waals surface area contributed by atoms with Crippen LogP contribution in [0.4, 0.5) is 0 Å². The van der Waals surface area contributed by atoms with Crippen LogP contribution in [0.1, 0.15) is 20.3 Å². The molecule has 7 heteroatoms. The fourth-order valence-electron chi connectivity index (χ4n) is 1.13. The molecule has 0 aromatic rings. The predicted octanol–water partition coefficient (Wildman–Crippen LogP) is 0.804. The van der Waals surface area contributed by atoms with Gasteiger partial charge in [-0.3, -0.25) is 9.59 Å². The van der Waals surface area contributed by atoms with E-state index in [0.29, 0.717) is 13.0 Å². The number of rotatable bonds is 8. The van der Waals surface area contributed by atoms with Gasteiger partial charge in [0.25, 0.3) is 0 Å². The Morgan fingerprint density at radius 3 is 2.56 bits per heavy atom. The number of carbonyl (C=O) groups is 2. The molecule has 0 aromatic carbocycles. The van der Waals surface area contributed by atoms with Gasteiger partial charge in [-0.1, -0.05) is 6.92 Å². The van der Waals surface area contributed by atoms with Gasteiger partial charge in [-0.2, -0.15) is 11.8 Å². The molecule has 0 bridgehead atoms. The number of amides is 1. The van der Waals surface area contributed by atoms with Crippen molar-refractivity contribution >= 4 is 36.0 Å². The Labute approximate surface area is 119 Å². The van der Waals surface area contributed by atoms with Gasteiger partial charge < -0.3 is 15.8 Å². The molecule has 1 amide bonds. The van der Waals surface area contributed by atoms with Crippen molar-refractivity contribution < 1.29 is 14.3 Å². The van der Waals surface area contributed by atoms with Crippen molar-refractivity contribution in [2.24, 2.45) is 11.7 Å². The van der Waals surface area contributed by atoms with Crippen LogP contribution in [0.3, 0.4) is 0 Å². The van der Waals surface area contributed by atoms with E-state index in [4.69, 9.17) is 10.5 Å². The van der Waals surface area contributed by atoms with Crippen LogP contribution in [0.15, 0.2) is 0 Å². The third-order valence-corrected chi connectivity index (χ3v) is 2.89. The summed E-state index contributed by atoms with van der Waals surface area (Å²) in [5.41, 5.74) is 5.68. The Balaban J connectivity index is 0. The van der Waals surface area contributed by atoms with E-state index in [9.17, 15) is 9.59 Å². The monoisotopic (exact) mass is 298 g/mol. The zero-order chi connectivity index (χ0) is 13.3. The number of hydrogen-bond acceptors (Lipinski definition) is 5. The molecule has 3 N–H and O–H groups in total. The molecule has 18 heavy (non-hydrogen) atoms. The first kappa shape index (κ1) is 19.9. The second-order valence-corrected chi connectivity index (χ2v) is 4.77. The van der Waals surface area contributed by atoms with Gasteiger partial charge in [0.05, 0.1) is 18.6 Å². The number of esters is 1. The Morgan fingerprint density at radius 2 is 2.06 bits per heavy atom. The summed E-state index contributed by atoms with van der Waals surface area (Å²) in [5, 5.41) is 2.66. The molecule has 1 unspecified atom stereocenters. The third-order valence-electron chi connectivity index (χ3n) is 2.24. The highest BCUT2D eigenvalue weighted by Gasteiger charge is 2.17. The molecule has 0 saturated carbocycles. The van der Waals surface area contributed by atoms with Gasteiger partial charge >= 0.3 is 5.97 Å². The fraction of sp³-hybridized carbons (Fsp3) is 0.818. The van der Waals surface area contributed by atoms with E-state index in [1.807, 2.05) is 6.26 Å². The molecular formula is C11H23ClN2O3S. The zero-order valence-electron chi connectivity index (χ0n) is 11.1. The number of nitrogens with one attached hydrogen (secondary N) is 1. The Hall–Kier alpha value is -0.460. The third kappa shape index (κ3) is 8.60. The van der Waals surface area contributed by atoms with Crippen LogP contribution in [0, 0.1) is 5.92 Å². The first-order valence-corrected chi connectivity index (χ1v) is 7.11. The largest absolute Gasteiger partial charge is 0.466 e. The lowest BCUT2D eigenvalue weighted by molar-refractivity contribution is -0.147. The van der Waals surface area contributed by atoms with E-state index in [1.165, 1.54) is 0 Å². The maximum Gasteiger partial charge on any atom is 0.310 e. The van der Waals surface area contributed by atoms with Crippen LogP contribution in [-0.4, -0.2) is 43.1 Å². The molecule has 108 valence electrons. The zero-order valence-corrected chi connectivity index (χ0v) is 12.7. The number of nitrogens with two attached hydrogens (primary N) is 1. The molecular weight excluding hydrogens is 276 g/mol. The molecule has 2 atom stereocenters. The highest BCUT2D eigenvalue weighted by atomic mass is 35.5. The van der Waals surface area contributed by atoms with E-state index in [1.54, 1.807) is 25.6 Å². The van der Waals surface area contributed by atoms with E-state index in [2.05, 4.69) is 5.32 Å². The second kappa shape index (κ2) is 11.6. The van der Waals surface area contributed by atoms with Crippen molar-refractivity contribution in [2.45, 2.75) is 26.3 Å². The Morgan fingerprint density at radius 1 is 1.44 bits per heavy atom. The molecule has 0 aliphatic carbocycles. The van der Waals surface area contributed by atoms with Gasteiger partial charge in [-0.05, 0) is 25.4 Å². The topological polar surface area (TPSA) is 81.4 Å². The Bertz CT molecular complexity index is 254. The van der Waals surface area contributed by atoms with E-state index in [-0.39, 0.29) is 36.7 Å². The summed E-state index contributed by atoms with van der Waals surface area (Å²) in [5.74, 6) is -0.00510. The normalized spacial score (nSPS) is 13.1. The number of thioether (sulfide) groups is 1.